The minimum absolute atomic E-state index is 0.147. The lowest BCUT2D eigenvalue weighted by Crippen LogP contribution is -2.65. The van der Waals surface area contributed by atoms with Crippen molar-refractivity contribution in [3.8, 4) is 0 Å². The number of nitrogens with zero attached hydrogens (tertiary/aromatic N) is 1. The number of nitrogens with one attached hydrogen (secondary N) is 1. The summed E-state index contributed by atoms with van der Waals surface area (Å²) < 4.78 is 0. The summed E-state index contributed by atoms with van der Waals surface area (Å²) in [7, 11) is 0. The molecule has 0 radical (unpaired) electrons. The molecule has 0 aromatic heterocycles. The second-order valence-corrected chi connectivity index (χ2v) is 5.23. The van der Waals surface area contributed by atoms with Crippen molar-refractivity contribution in [2.24, 2.45) is 5.73 Å². The molecule has 1 aliphatic rings. The largest absolute Gasteiger partial charge is 0.329 e. The van der Waals surface area contributed by atoms with Gasteiger partial charge in [-0.1, -0.05) is 30.3 Å². The molecule has 1 aliphatic heterocycles. The van der Waals surface area contributed by atoms with Crippen LogP contribution in [0.2, 0.25) is 0 Å². The maximum absolute atomic E-state index is 12.0. The molecule has 5 heteroatoms. The number of benzene rings is 1. The molecule has 2 rings (SSSR count). The third kappa shape index (κ3) is 2.52. The first kappa shape index (κ1) is 13.7. The van der Waals surface area contributed by atoms with E-state index in [4.69, 9.17) is 5.73 Å². The molecule has 19 heavy (non-hydrogen) atoms. The summed E-state index contributed by atoms with van der Waals surface area (Å²) in [5, 5.41) is 2.37. The number of nitrogens with two attached hydrogens (primary N) is 1. The topological polar surface area (TPSA) is 75.4 Å². The summed E-state index contributed by atoms with van der Waals surface area (Å²) in [6.45, 7) is 4.14. The van der Waals surface area contributed by atoms with Crippen LogP contribution in [0.25, 0.3) is 0 Å². The maximum atomic E-state index is 12.0. The molecule has 0 aliphatic carbocycles. The van der Waals surface area contributed by atoms with Gasteiger partial charge in [-0.3, -0.25) is 19.8 Å². The van der Waals surface area contributed by atoms with Crippen LogP contribution in [0.1, 0.15) is 25.5 Å². The summed E-state index contributed by atoms with van der Waals surface area (Å²) in [5.74, 6) is -0.558. The number of carbonyl (C=O) groups excluding carboxylic acids is 2. The zero-order valence-corrected chi connectivity index (χ0v) is 11.2. The predicted molar refractivity (Wildman–Crippen MR) is 72.2 cm³/mol. The Bertz CT molecular complexity index is 485. The summed E-state index contributed by atoms with van der Waals surface area (Å²) in [5.41, 5.74) is 6.12. The molecule has 1 atom stereocenters. The minimum atomic E-state index is -0.756. The molecule has 5 nitrogen and oxygen atoms in total. The van der Waals surface area contributed by atoms with Gasteiger partial charge >= 0.3 is 0 Å². The van der Waals surface area contributed by atoms with Crippen molar-refractivity contribution in [1.29, 1.82) is 0 Å². The van der Waals surface area contributed by atoms with Gasteiger partial charge in [0, 0.05) is 12.6 Å². The van der Waals surface area contributed by atoms with Crippen LogP contribution >= 0.6 is 0 Å². The molecule has 1 unspecified atom stereocenters. The Morgan fingerprint density at radius 3 is 2.53 bits per heavy atom. The molecule has 1 aromatic rings. The van der Waals surface area contributed by atoms with Crippen molar-refractivity contribution in [3.63, 3.8) is 0 Å². The van der Waals surface area contributed by atoms with Gasteiger partial charge in [0.15, 0.2) is 0 Å². The van der Waals surface area contributed by atoms with Crippen LogP contribution < -0.4 is 11.1 Å². The molecule has 0 saturated carbocycles. The molecule has 1 fully saturated rings. The number of carbonyl (C=O) groups is 2. The van der Waals surface area contributed by atoms with Crippen LogP contribution in [0.3, 0.4) is 0 Å². The number of amides is 2. The molecule has 0 bridgehead atoms. The summed E-state index contributed by atoms with van der Waals surface area (Å²) >= 11 is 0. The molecule has 1 saturated heterocycles. The van der Waals surface area contributed by atoms with E-state index in [-0.39, 0.29) is 24.4 Å². The lowest BCUT2D eigenvalue weighted by molar-refractivity contribution is -0.147. The molecule has 1 heterocycles. The van der Waals surface area contributed by atoms with E-state index in [1.54, 1.807) is 13.8 Å². The highest BCUT2D eigenvalue weighted by Crippen LogP contribution is 2.29. The first-order valence-corrected chi connectivity index (χ1v) is 6.33. The van der Waals surface area contributed by atoms with Crippen molar-refractivity contribution in [2.75, 3.05) is 13.1 Å². The Morgan fingerprint density at radius 1 is 1.32 bits per heavy atom. The molecular formula is C14H19N3O2. The molecule has 2 amide bonds. The highest BCUT2D eigenvalue weighted by Gasteiger charge is 2.44. The van der Waals surface area contributed by atoms with Gasteiger partial charge in [0.05, 0.1) is 12.1 Å². The molecular weight excluding hydrogens is 242 g/mol. The van der Waals surface area contributed by atoms with E-state index in [9.17, 15) is 9.59 Å². The first-order valence-electron chi connectivity index (χ1n) is 6.33. The Labute approximate surface area is 112 Å². The molecule has 102 valence electrons. The first-order chi connectivity index (χ1) is 8.96. The normalized spacial score (nSPS) is 21.0. The van der Waals surface area contributed by atoms with Crippen molar-refractivity contribution in [1.82, 2.24) is 10.2 Å². The van der Waals surface area contributed by atoms with E-state index >= 15 is 0 Å². The quantitative estimate of drug-likeness (QED) is 0.773. The fourth-order valence-electron chi connectivity index (χ4n) is 2.42. The van der Waals surface area contributed by atoms with Gasteiger partial charge in [-0.25, -0.2) is 0 Å². The van der Waals surface area contributed by atoms with Crippen LogP contribution in [-0.4, -0.2) is 35.3 Å². The van der Waals surface area contributed by atoms with Gasteiger partial charge in [0.25, 0.3) is 0 Å². The number of rotatable bonds is 3. The van der Waals surface area contributed by atoms with Crippen LogP contribution in [0, 0.1) is 0 Å². The fraction of sp³-hybridized carbons (Fsp3) is 0.429. The van der Waals surface area contributed by atoms with Gasteiger partial charge in [-0.05, 0) is 19.4 Å². The Morgan fingerprint density at radius 2 is 1.95 bits per heavy atom. The standard InChI is InChI=1S/C14H19N3O2/c1-14(2)13(19)16-12(18)9-17(14)11(8-15)10-6-4-3-5-7-10/h3-7,11H,8-9,15H2,1-2H3,(H,16,18,19). The average Bonchev–Trinajstić information content (AvgIpc) is 2.38. The van der Waals surface area contributed by atoms with Crippen LogP contribution in [0.4, 0.5) is 0 Å². The summed E-state index contributed by atoms with van der Waals surface area (Å²) in [4.78, 5) is 25.4. The number of imide groups is 1. The highest BCUT2D eigenvalue weighted by molar-refractivity contribution is 6.03. The SMILES string of the molecule is CC1(C)C(=O)NC(=O)CN1C(CN)c1ccccc1. The smallest absolute Gasteiger partial charge is 0.246 e. The van der Waals surface area contributed by atoms with Crippen LogP contribution in [0.5, 0.6) is 0 Å². The second kappa shape index (κ2) is 5.11. The second-order valence-electron chi connectivity index (χ2n) is 5.23. The third-order valence-corrected chi connectivity index (χ3v) is 3.62. The third-order valence-electron chi connectivity index (χ3n) is 3.62. The average molecular weight is 261 g/mol. The van der Waals surface area contributed by atoms with E-state index in [1.807, 2.05) is 35.2 Å². The zero-order chi connectivity index (χ0) is 14.0. The van der Waals surface area contributed by atoms with Crippen molar-refractivity contribution in [2.45, 2.75) is 25.4 Å². The van der Waals surface area contributed by atoms with E-state index in [1.165, 1.54) is 0 Å². The Hall–Kier alpha value is -1.72. The number of hydrogen-bond donors (Lipinski definition) is 2. The lowest BCUT2D eigenvalue weighted by atomic mass is 9.93. The molecule has 1 aromatic carbocycles. The summed E-state index contributed by atoms with van der Waals surface area (Å²) in [6, 6.07) is 9.56. The number of piperazine rings is 1. The fourth-order valence-corrected chi connectivity index (χ4v) is 2.42. The zero-order valence-electron chi connectivity index (χ0n) is 11.2. The number of hydrogen-bond acceptors (Lipinski definition) is 4. The van der Waals surface area contributed by atoms with Gasteiger partial charge < -0.3 is 5.73 Å². The highest BCUT2D eigenvalue weighted by atomic mass is 16.2. The molecule has 3 N–H and O–H groups in total. The Balaban J connectivity index is 2.36. The van der Waals surface area contributed by atoms with E-state index < -0.39 is 5.54 Å². The van der Waals surface area contributed by atoms with E-state index in [2.05, 4.69) is 5.32 Å². The van der Waals surface area contributed by atoms with Gasteiger partial charge in [-0.15, -0.1) is 0 Å². The monoisotopic (exact) mass is 261 g/mol. The minimum Gasteiger partial charge on any atom is -0.329 e. The van der Waals surface area contributed by atoms with Gasteiger partial charge in [-0.2, -0.15) is 0 Å². The maximum Gasteiger partial charge on any atom is 0.246 e. The van der Waals surface area contributed by atoms with Crippen LogP contribution in [0.15, 0.2) is 30.3 Å². The van der Waals surface area contributed by atoms with Crippen molar-refractivity contribution < 1.29 is 9.59 Å². The van der Waals surface area contributed by atoms with Crippen LogP contribution in [-0.2, 0) is 9.59 Å². The van der Waals surface area contributed by atoms with E-state index in [0.29, 0.717) is 6.54 Å². The lowest BCUT2D eigenvalue weighted by Gasteiger charge is -2.44. The predicted octanol–water partition coefficient (Wildman–Crippen LogP) is 0.423. The van der Waals surface area contributed by atoms with Gasteiger partial charge in [0.1, 0.15) is 0 Å². The van der Waals surface area contributed by atoms with Crippen molar-refractivity contribution in [3.05, 3.63) is 35.9 Å². The molecule has 0 spiro atoms. The van der Waals surface area contributed by atoms with Gasteiger partial charge in [0.2, 0.25) is 11.8 Å². The van der Waals surface area contributed by atoms with Crippen molar-refractivity contribution >= 4 is 11.8 Å². The Kier molecular flexibility index (Phi) is 3.68. The summed E-state index contributed by atoms with van der Waals surface area (Å²) in [6.07, 6.45) is 0. The van der Waals surface area contributed by atoms with E-state index in [0.717, 1.165) is 5.56 Å².